The fourth-order valence-electron chi connectivity index (χ4n) is 11.5. The van der Waals surface area contributed by atoms with Crippen LogP contribution in [0, 0.1) is 0 Å². The van der Waals surface area contributed by atoms with Gasteiger partial charge in [-0.05, 0) is 142 Å². The SMILES string of the molecule is [2H]c1c([2H])c2c3cc4c(cc3n3c5ccc(C(C)(C)C)cc5c(c1N(c1ccccc1)c1ccc(C(C)C)cc1)c23)c1c([2H])c([2H])c(N(c2ccccc2)c2ccc(C(C)C)cc2)c2c3cc(C(C)(C)C)ccc3n4c12. The molecule has 354 valence electrons. The molecule has 13 aromatic rings. The van der Waals surface area contributed by atoms with E-state index in [0.717, 1.165) is 98.9 Å². The Hall–Kier alpha value is -7.82. The quantitative estimate of drug-likeness (QED) is 0.151. The highest BCUT2D eigenvalue weighted by Gasteiger charge is 2.29. The molecule has 0 fully saturated rings. The molecule has 4 heteroatoms. The van der Waals surface area contributed by atoms with Crippen molar-refractivity contribution < 1.29 is 5.48 Å². The van der Waals surface area contributed by atoms with Crippen LogP contribution in [0.4, 0.5) is 34.1 Å². The molecule has 0 unspecified atom stereocenters. The zero-order valence-electron chi connectivity index (χ0n) is 47.0. The van der Waals surface area contributed by atoms with Crippen molar-refractivity contribution in [1.82, 2.24) is 8.80 Å². The average Bonchev–Trinajstić information content (AvgIpc) is 4.14. The Bertz CT molecular complexity index is 4150. The first-order chi connectivity index (χ1) is 36.3. The van der Waals surface area contributed by atoms with Crippen molar-refractivity contribution in [2.75, 3.05) is 9.80 Å². The third-order valence-corrected chi connectivity index (χ3v) is 15.5. The molecule has 4 heterocycles. The van der Waals surface area contributed by atoms with Gasteiger partial charge in [-0.15, -0.1) is 0 Å². The predicted molar refractivity (Wildman–Crippen MR) is 311 cm³/mol. The fourth-order valence-corrected chi connectivity index (χ4v) is 11.5. The van der Waals surface area contributed by atoms with Crippen molar-refractivity contribution in [2.45, 2.75) is 91.9 Å². The van der Waals surface area contributed by atoms with E-state index in [9.17, 15) is 5.48 Å². The Balaban J connectivity index is 1.19. The lowest BCUT2D eigenvalue weighted by molar-refractivity contribution is 0.591. The second-order valence-electron chi connectivity index (χ2n) is 22.7. The number of hydrogen-bond donors (Lipinski definition) is 0. The lowest BCUT2D eigenvalue weighted by Gasteiger charge is -2.27. The van der Waals surface area contributed by atoms with Crippen LogP contribution in [-0.2, 0) is 10.8 Å². The monoisotopic (exact) mass is 939 g/mol. The highest BCUT2D eigenvalue weighted by molar-refractivity contribution is 6.32. The highest BCUT2D eigenvalue weighted by atomic mass is 15.2. The third kappa shape index (κ3) is 6.57. The molecule has 0 atom stereocenters. The number of aromatic nitrogens is 2. The van der Waals surface area contributed by atoms with Gasteiger partial charge in [-0.25, -0.2) is 0 Å². The van der Waals surface area contributed by atoms with E-state index in [4.69, 9.17) is 0 Å². The molecule has 4 aromatic heterocycles. The maximum absolute atomic E-state index is 10.3. The molecule has 0 saturated heterocycles. The summed E-state index contributed by atoms with van der Waals surface area (Å²) in [5, 5.41) is 7.10. The second kappa shape index (κ2) is 15.8. The van der Waals surface area contributed by atoms with Crippen molar-refractivity contribution in [3.8, 4) is 0 Å². The number of anilines is 6. The van der Waals surface area contributed by atoms with E-state index in [0.29, 0.717) is 23.2 Å². The molecular weight excluding hydrogens is 873 g/mol. The second-order valence-corrected chi connectivity index (χ2v) is 22.7. The third-order valence-electron chi connectivity index (χ3n) is 15.5. The van der Waals surface area contributed by atoms with Crippen molar-refractivity contribution in [3.63, 3.8) is 0 Å². The number of para-hydroxylation sites is 2. The van der Waals surface area contributed by atoms with Crippen molar-refractivity contribution in [2.24, 2.45) is 0 Å². The first-order valence-electron chi connectivity index (χ1n) is 27.7. The summed E-state index contributed by atoms with van der Waals surface area (Å²) in [6, 6.07) is 56.5. The van der Waals surface area contributed by atoms with E-state index in [1.807, 2.05) is 36.4 Å². The van der Waals surface area contributed by atoms with Crippen molar-refractivity contribution >= 4 is 110 Å². The molecule has 0 aliphatic heterocycles. The van der Waals surface area contributed by atoms with Crippen LogP contribution in [-0.4, -0.2) is 8.80 Å². The average molecular weight is 939 g/mol. The predicted octanol–water partition coefficient (Wildman–Crippen LogP) is 19.8. The normalized spacial score (nSPS) is 13.6. The van der Waals surface area contributed by atoms with Gasteiger partial charge in [-0.2, -0.15) is 0 Å². The summed E-state index contributed by atoms with van der Waals surface area (Å²) < 4.78 is 45.8. The molecular formula is C68H62N4. The minimum Gasteiger partial charge on any atom is -0.310 e. The van der Waals surface area contributed by atoms with Gasteiger partial charge >= 0.3 is 0 Å². The van der Waals surface area contributed by atoms with Crippen LogP contribution in [0.2, 0.25) is 0 Å². The lowest BCUT2D eigenvalue weighted by Crippen LogP contribution is -2.11. The van der Waals surface area contributed by atoms with E-state index in [1.54, 1.807) is 0 Å². The summed E-state index contributed by atoms with van der Waals surface area (Å²) in [5.41, 5.74) is 15.1. The first-order valence-corrected chi connectivity index (χ1v) is 25.7. The molecule has 72 heavy (non-hydrogen) atoms. The molecule has 13 rings (SSSR count). The Labute approximate surface area is 428 Å². The standard InChI is InChI=1S/C68H62N4/c1-41(2)43-21-27-49(28-22-43)69(47-17-13-11-14-18-47)59-35-31-51-53-39-62-54(40-61(53)71-57-33-25-45(67(5,6)7)37-55(57)63(59)65(51)71)52-32-36-60(64-56-38-46(68(8,9)10)26-34-58(56)72(62)66(52)64)70(48-19-15-12-16-20-48)50-29-23-44(24-30-50)42(3)4/h11-42H,1-10H3/i31D,32D,35D,36D. The van der Waals surface area contributed by atoms with E-state index in [1.165, 1.54) is 22.3 Å². The van der Waals surface area contributed by atoms with E-state index < -0.39 is 0 Å². The van der Waals surface area contributed by atoms with E-state index >= 15 is 0 Å². The van der Waals surface area contributed by atoms with Gasteiger partial charge in [-0.3, -0.25) is 0 Å². The first kappa shape index (κ1) is 39.8. The van der Waals surface area contributed by atoms with Gasteiger partial charge in [0.05, 0.1) is 50.0 Å². The van der Waals surface area contributed by atoms with Crippen LogP contribution >= 0.6 is 0 Å². The zero-order valence-corrected chi connectivity index (χ0v) is 43.0. The van der Waals surface area contributed by atoms with Crippen LogP contribution in [0.3, 0.4) is 0 Å². The Morgan fingerprint density at radius 3 is 1.08 bits per heavy atom. The zero-order chi connectivity index (χ0) is 53.0. The maximum atomic E-state index is 10.3. The number of nitrogens with zero attached hydrogens (tertiary/aromatic N) is 4. The summed E-state index contributed by atoms with van der Waals surface area (Å²) in [6.07, 6.45) is 0. The summed E-state index contributed by atoms with van der Waals surface area (Å²) in [6.45, 7) is 22.3. The van der Waals surface area contributed by atoms with Gasteiger partial charge in [0.15, 0.2) is 0 Å². The van der Waals surface area contributed by atoms with Crippen LogP contribution in [0.5, 0.6) is 0 Å². The Kier molecular flexibility index (Phi) is 8.77. The smallest absolute Gasteiger partial charge is 0.0645 e. The molecule has 9 aromatic carbocycles. The van der Waals surface area contributed by atoms with E-state index in [2.05, 4.69) is 209 Å². The van der Waals surface area contributed by atoms with Crippen LogP contribution in [0.15, 0.2) is 182 Å². The molecule has 0 aliphatic rings. The van der Waals surface area contributed by atoms with Gasteiger partial charge in [0, 0.05) is 65.8 Å². The highest BCUT2D eigenvalue weighted by Crippen LogP contribution is 2.52. The van der Waals surface area contributed by atoms with Crippen LogP contribution in [0.25, 0.3) is 76.2 Å². The van der Waals surface area contributed by atoms with Gasteiger partial charge in [-0.1, -0.05) is 154 Å². The Morgan fingerprint density at radius 1 is 0.375 bits per heavy atom. The van der Waals surface area contributed by atoms with Gasteiger partial charge in [0.25, 0.3) is 0 Å². The fraction of sp³-hybridized carbons (Fsp3) is 0.206. The maximum Gasteiger partial charge on any atom is 0.0645 e. The van der Waals surface area contributed by atoms with Gasteiger partial charge < -0.3 is 18.6 Å². The molecule has 0 N–H and O–H groups in total. The summed E-state index contributed by atoms with van der Waals surface area (Å²) >= 11 is 0. The Morgan fingerprint density at radius 2 is 0.736 bits per heavy atom. The minimum absolute atomic E-state index is 0.152. The number of benzene rings is 9. The summed E-state index contributed by atoms with van der Waals surface area (Å²) in [4.78, 5) is 4.37. The van der Waals surface area contributed by atoms with Crippen LogP contribution in [0.1, 0.15) is 109 Å². The summed E-state index contributed by atoms with van der Waals surface area (Å²) in [7, 11) is 0. The number of hydrogen-bond acceptors (Lipinski definition) is 2. The van der Waals surface area contributed by atoms with Crippen molar-refractivity contribution in [3.05, 3.63) is 204 Å². The molecule has 0 bridgehead atoms. The van der Waals surface area contributed by atoms with Crippen molar-refractivity contribution in [1.29, 1.82) is 0 Å². The summed E-state index contributed by atoms with van der Waals surface area (Å²) in [5.74, 6) is 0.705. The minimum atomic E-state index is -0.160. The molecule has 0 amide bonds. The number of rotatable bonds is 8. The van der Waals surface area contributed by atoms with Crippen LogP contribution < -0.4 is 9.80 Å². The molecule has 4 nitrogen and oxygen atoms in total. The molecule has 0 aliphatic carbocycles. The molecule has 0 spiro atoms. The lowest BCUT2D eigenvalue weighted by atomic mass is 9.86. The van der Waals surface area contributed by atoms with E-state index in [-0.39, 0.29) is 35.0 Å². The number of fused-ring (bicyclic) bond motifs is 12. The van der Waals surface area contributed by atoms with Gasteiger partial charge in [0.1, 0.15) is 0 Å². The largest absolute Gasteiger partial charge is 0.310 e. The topological polar surface area (TPSA) is 15.3 Å². The molecule has 0 saturated carbocycles. The molecule has 0 radical (unpaired) electrons. The van der Waals surface area contributed by atoms with Gasteiger partial charge in [0.2, 0.25) is 0 Å².